The van der Waals surface area contributed by atoms with Crippen molar-refractivity contribution >= 4 is 58.6 Å². The molecule has 0 radical (unpaired) electrons. The second kappa shape index (κ2) is 18.8. The van der Waals surface area contributed by atoms with E-state index in [-0.39, 0.29) is 23.6 Å². The van der Waals surface area contributed by atoms with Gasteiger partial charge in [-0.15, -0.1) is 0 Å². The molecule has 0 bridgehead atoms. The smallest absolute Gasteiger partial charge is 0.234 e. The van der Waals surface area contributed by atoms with Crippen LogP contribution >= 0.6 is 23.2 Å². The predicted molar refractivity (Wildman–Crippen MR) is 213 cm³/mol. The third-order valence-electron chi connectivity index (χ3n) is 9.52. The number of carbonyl (C=O) groups is 4. The molecule has 7 rings (SSSR count). The summed E-state index contributed by atoms with van der Waals surface area (Å²) in [5, 5.41) is 12.8. The molecule has 2 atom stereocenters. The molecule has 0 saturated carbocycles. The Morgan fingerprint density at radius 3 is 2.34 bits per heavy atom. The van der Waals surface area contributed by atoms with Crippen molar-refractivity contribution in [3.05, 3.63) is 99.5 Å². The van der Waals surface area contributed by atoms with E-state index in [4.69, 9.17) is 27.9 Å². The first-order chi connectivity index (χ1) is 25.8. The molecule has 3 amide bonds. The number of piperidine rings is 1. The molecule has 4 aromatic rings. The largest absolute Gasteiger partial charge is 0.490 e. The van der Waals surface area contributed by atoms with Gasteiger partial charge in [-0.3, -0.25) is 19.7 Å². The molecule has 3 aliphatic rings. The summed E-state index contributed by atoms with van der Waals surface area (Å²) in [6.07, 6.45) is 4.60. The van der Waals surface area contributed by atoms with Crippen molar-refractivity contribution in [2.45, 2.75) is 64.2 Å². The Balaban J connectivity index is 0.000000195. The zero-order chi connectivity index (χ0) is 37.9. The minimum absolute atomic E-state index is 0.0775. The van der Waals surface area contributed by atoms with Crippen molar-refractivity contribution in [1.29, 1.82) is 0 Å². The van der Waals surface area contributed by atoms with Gasteiger partial charge in [-0.1, -0.05) is 85.6 Å². The maximum Gasteiger partial charge on any atom is 0.234 e. The number of benzene rings is 4. The highest BCUT2D eigenvalue weighted by molar-refractivity contribution is 6.35. The van der Waals surface area contributed by atoms with E-state index in [9.17, 15) is 19.2 Å². The minimum atomic E-state index is -0.402. The zero-order valence-corrected chi connectivity index (χ0v) is 31.8. The van der Waals surface area contributed by atoms with Crippen LogP contribution in [0.4, 0.5) is 11.4 Å². The summed E-state index contributed by atoms with van der Waals surface area (Å²) in [6, 6.07) is 23.7. The van der Waals surface area contributed by atoms with E-state index in [2.05, 4.69) is 39.5 Å². The van der Waals surface area contributed by atoms with Gasteiger partial charge in [0.2, 0.25) is 17.7 Å². The van der Waals surface area contributed by atoms with Crippen molar-refractivity contribution in [3.63, 3.8) is 0 Å². The Kier molecular flexibility index (Phi) is 13.9. The maximum atomic E-state index is 12.2. The number of hydrogen-bond acceptors (Lipinski definition) is 7. The van der Waals surface area contributed by atoms with Crippen LogP contribution in [0.25, 0.3) is 22.3 Å². The van der Waals surface area contributed by atoms with Crippen molar-refractivity contribution in [2.75, 3.05) is 37.4 Å². The highest BCUT2D eigenvalue weighted by atomic mass is 35.5. The van der Waals surface area contributed by atoms with Gasteiger partial charge in [-0.2, -0.15) is 0 Å². The molecule has 278 valence electrons. The van der Waals surface area contributed by atoms with E-state index in [0.29, 0.717) is 42.3 Å². The number of rotatable bonds is 8. The molecule has 2 unspecified atom stereocenters. The Morgan fingerprint density at radius 1 is 0.906 bits per heavy atom. The molecular weight excluding hydrogens is 711 g/mol. The van der Waals surface area contributed by atoms with Crippen LogP contribution in [0.5, 0.6) is 5.75 Å². The van der Waals surface area contributed by atoms with Gasteiger partial charge < -0.3 is 25.5 Å². The number of aryl methyl sites for hydroxylation is 1. The van der Waals surface area contributed by atoms with Crippen molar-refractivity contribution in [1.82, 2.24) is 10.6 Å². The van der Waals surface area contributed by atoms with E-state index in [1.807, 2.05) is 68.4 Å². The fraction of sp³-hybridized carbons (Fsp3) is 0.333. The number of imide groups is 1. The first-order valence-electron chi connectivity index (χ1n) is 18.2. The average molecular weight is 758 g/mol. The number of ether oxygens (including phenoxy) is 1. The number of fused-ring (bicyclic) bond motifs is 2. The van der Waals surface area contributed by atoms with Gasteiger partial charge in [-0.25, -0.2) is 0 Å². The molecule has 0 aliphatic carbocycles. The molecular formula is C42H46Cl2N4O5. The lowest BCUT2D eigenvalue weighted by atomic mass is 9.88. The van der Waals surface area contributed by atoms with Crippen LogP contribution in [0.3, 0.4) is 0 Å². The number of amides is 3. The molecule has 53 heavy (non-hydrogen) atoms. The third-order valence-corrected chi connectivity index (χ3v) is 10.4. The molecule has 4 aromatic carbocycles. The van der Waals surface area contributed by atoms with Crippen LogP contribution < -0.4 is 26.0 Å². The molecule has 0 aromatic heterocycles. The van der Waals surface area contributed by atoms with Gasteiger partial charge in [0, 0.05) is 55.7 Å². The summed E-state index contributed by atoms with van der Waals surface area (Å²) in [4.78, 5) is 46.7. The average Bonchev–Trinajstić information content (AvgIpc) is 3.19. The van der Waals surface area contributed by atoms with Gasteiger partial charge in [-0.05, 0) is 77.8 Å². The first-order valence-corrected chi connectivity index (χ1v) is 19.0. The highest BCUT2D eigenvalue weighted by Crippen LogP contribution is 2.40. The monoisotopic (exact) mass is 756 g/mol. The normalized spacial score (nSPS) is 16.2. The molecule has 1 fully saturated rings. The van der Waals surface area contributed by atoms with Gasteiger partial charge in [0.05, 0.1) is 21.7 Å². The van der Waals surface area contributed by atoms with Gasteiger partial charge in [0.1, 0.15) is 18.6 Å². The van der Waals surface area contributed by atoms with Crippen molar-refractivity contribution in [2.24, 2.45) is 0 Å². The Bertz CT molecular complexity index is 1970. The second-order valence-corrected chi connectivity index (χ2v) is 13.5. The molecule has 4 N–H and O–H groups in total. The van der Waals surface area contributed by atoms with Crippen LogP contribution in [0.2, 0.25) is 10.0 Å². The lowest BCUT2D eigenvalue weighted by Gasteiger charge is -2.23. The van der Waals surface area contributed by atoms with Gasteiger partial charge >= 0.3 is 0 Å². The summed E-state index contributed by atoms with van der Waals surface area (Å²) in [6.45, 7) is 6.42. The molecule has 9 nitrogen and oxygen atoms in total. The van der Waals surface area contributed by atoms with E-state index in [0.717, 1.165) is 77.0 Å². The van der Waals surface area contributed by atoms with Crippen LogP contribution in [0.1, 0.15) is 74.5 Å². The second-order valence-electron chi connectivity index (χ2n) is 12.8. The van der Waals surface area contributed by atoms with E-state index in [1.54, 1.807) is 7.05 Å². The molecule has 11 heteroatoms. The summed E-state index contributed by atoms with van der Waals surface area (Å²) >= 11 is 13.3. The van der Waals surface area contributed by atoms with Crippen LogP contribution in [0.15, 0.2) is 72.8 Å². The number of nitrogens with one attached hydrogen (secondary N) is 4. The van der Waals surface area contributed by atoms with Gasteiger partial charge in [0.15, 0.2) is 0 Å². The highest BCUT2D eigenvalue weighted by Gasteiger charge is 2.30. The zero-order valence-electron chi connectivity index (χ0n) is 30.3. The molecule has 3 aliphatic heterocycles. The fourth-order valence-electron chi connectivity index (χ4n) is 6.74. The lowest BCUT2D eigenvalue weighted by Crippen LogP contribution is -2.39. The standard InChI is InChI=1S/C21H23ClN2O2.C19H17ClN2O3.C2H6/c1-23-20(26)10-8-16(13-25)18-6-2-5-17(21(18)22)14-7-9-19-15(12-14)4-3-11-24-19;20-18-12(11-4-6-15-16(10-11)25-9-8-21-15)2-1-3-13(18)14-5-7-17(23)22-19(14)24;1-2/h2,5-7,9,12-13,16,24H,3-4,8,10-11H2,1H3,(H,23,26);1-4,6,10,14,21H,5,7-9H2,(H,22,23,24);1-2H3. The Hall–Kier alpha value is -4.86. The number of halogens is 2. The van der Waals surface area contributed by atoms with E-state index < -0.39 is 5.92 Å². The van der Waals surface area contributed by atoms with Crippen LogP contribution in [-0.2, 0) is 25.6 Å². The van der Waals surface area contributed by atoms with E-state index >= 15 is 0 Å². The minimum Gasteiger partial charge on any atom is -0.490 e. The fourth-order valence-corrected chi connectivity index (χ4v) is 7.49. The summed E-state index contributed by atoms with van der Waals surface area (Å²) in [5.41, 5.74) is 8.72. The van der Waals surface area contributed by atoms with E-state index in [1.165, 1.54) is 11.3 Å². The number of aldehydes is 1. The van der Waals surface area contributed by atoms with Crippen LogP contribution in [-0.4, -0.2) is 50.8 Å². The van der Waals surface area contributed by atoms with Crippen molar-refractivity contribution < 1.29 is 23.9 Å². The Morgan fingerprint density at radius 2 is 1.60 bits per heavy atom. The third kappa shape index (κ3) is 9.39. The number of hydrogen-bond donors (Lipinski definition) is 4. The topological polar surface area (TPSA) is 126 Å². The number of carbonyl (C=O) groups excluding carboxylic acids is 4. The summed E-state index contributed by atoms with van der Waals surface area (Å²) in [7, 11) is 1.59. The first kappa shape index (κ1) is 39.3. The molecule has 0 spiro atoms. The predicted octanol–water partition coefficient (Wildman–Crippen LogP) is 8.53. The molecule has 1 saturated heterocycles. The van der Waals surface area contributed by atoms with Gasteiger partial charge in [0.25, 0.3) is 0 Å². The van der Waals surface area contributed by atoms with Crippen molar-refractivity contribution in [3.8, 4) is 28.0 Å². The lowest BCUT2D eigenvalue weighted by molar-refractivity contribution is -0.134. The Labute approximate surface area is 321 Å². The summed E-state index contributed by atoms with van der Waals surface area (Å²) < 4.78 is 5.69. The maximum absolute atomic E-state index is 12.2. The SMILES string of the molecule is CC.CNC(=O)CCC(C=O)c1cccc(-c2ccc3c(c2)CCCN3)c1Cl.O=C1CCC(c2cccc(-c3ccc4c(c3)OCCN4)c2Cl)C(=O)N1. The number of anilines is 2. The van der Waals surface area contributed by atoms with Crippen LogP contribution in [0, 0.1) is 0 Å². The summed E-state index contributed by atoms with van der Waals surface area (Å²) in [5.74, 6) is -0.585. The molecule has 3 heterocycles. The quantitative estimate of drug-likeness (QED) is 0.105.